The molecule has 0 radical (unpaired) electrons. The van der Waals surface area contributed by atoms with Crippen LogP contribution in [0, 0.1) is 5.92 Å². The first kappa shape index (κ1) is 20.9. The second-order valence-corrected chi connectivity index (χ2v) is 7.76. The lowest BCUT2D eigenvalue weighted by Gasteiger charge is -2.42. The minimum Gasteiger partial charge on any atom is -0.453 e. The first-order valence-electron chi connectivity index (χ1n) is 9.49. The van der Waals surface area contributed by atoms with Crippen LogP contribution in [0.1, 0.15) is 33.1 Å². The van der Waals surface area contributed by atoms with Crippen molar-refractivity contribution in [2.45, 2.75) is 44.8 Å². The van der Waals surface area contributed by atoms with E-state index in [4.69, 9.17) is 4.74 Å². The van der Waals surface area contributed by atoms with Crippen molar-refractivity contribution < 1.29 is 24.2 Å². The standard InChI is InChI=1S/C18H33N3O5/c1-14(2)12-15(19-17(23)25-3)16(22)21-6-4-18(24,5-7-21)13-20-8-10-26-11-9-20/h14-15,24H,4-13H2,1-3H3,(H,19,23)/t15-/m0/s1. The summed E-state index contributed by atoms with van der Waals surface area (Å²) in [6.45, 7) is 8.72. The van der Waals surface area contributed by atoms with Crippen LogP contribution in [0.15, 0.2) is 0 Å². The van der Waals surface area contributed by atoms with Gasteiger partial charge in [0.1, 0.15) is 6.04 Å². The van der Waals surface area contributed by atoms with E-state index in [1.54, 1.807) is 4.90 Å². The highest BCUT2D eigenvalue weighted by atomic mass is 16.5. The fourth-order valence-electron chi connectivity index (χ4n) is 3.59. The van der Waals surface area contributed by atoms with Crippen molar-refractivity contribution in [2.75, 3.05) is 53.0 Å². The van der Waals surface area contributed by atoms with Gasteiger partial charge < -0.3 is 24.8 Å². The topological polar surface area (TPSA) is 91.3 Å². The van der Waals surface area contributed by atoms with Gasteiger partial charge in [-0.05, 0) is 25.2 Å². The SMILES string of the molecule is COC(=O)N[C@@H](CC(C)C)C(=O)N1CCC(O)(CN2CCOCC2)CC1. The number of hydrogen-bond acceptors (Lipinski definition) is 6. The summed E-state index contributed by atoms with van der Waals surface area (Å²) >= 11 is 0. The molecule has 2 N–H and O–H groups in total. The Labute approximate surface area is 155 Å². The van der Waals surface area contributed by atoms with Gasteiger partial charge in [0.25, 0.3) is 0 Å². The summed E-state index contributed by atoms with van der Waals surface area (Å²) in [5.74, 6) is 0.168. The molecule has 0 unspecified atom stereocenters. The van der Waals surface area contributed by atoms with Crippen molar-refractivity contribution in [3.63, 3.8) is 0 Å². The van der Waals surface area contributed by atoms with Gasteiger partial charge in [-0.3, -0.25) is 9.69 Å². The molecule has 0 saturated carbocycles. The molecule has 2 fully saturated rings. The third-order valence-electron chi connectivity index (χ3n) is 5.11. The number of β-amino-alcohol motifs (C(OH)–C–C–N with tert-alkyl or cyclic N) is 1. The molecule has 2 aliphatic heterocycles. The van der Waals surface area contributed by atoms with Crippen molar-refractivity contribution in [3.05, 3.63) is 0 Å². The van der Waals surface area contributed by atoms with Gasteiger partial charge in [0.05, 0.1) is 25.9 Å². The third kappa shape index (κ3) is 6.10. The molecule has 0 aromatic heterocycles. The first-order chi connectivity index (χ1) is 12.3. The number of piperidine rings is 1. The van der Waals surface area contributed by atoms with Gasteiger partial charge in [0, 0.05) is 32.7 Å². The Hall–Kier alpha value is -1.38. The number of amides is 2. The molecule has 2 rings (SSSR count). The van der Waals surface area contributed by atoms with Crippen LogP contribution in [0.3, 0.4) is 0 Å². The van der Waals surface area contributed by atoms with Crippen LogP contribution < -0.4 is 5.32 Å². The van der Waals surface area contributed by atoms with Crippen molar-refractivity contribution in [1.82, 2.24) is 15.1 Å². The third-order valence-corrected chi connectivity index (χ3v) is 5.11. The summed E-state index contributed by atoms with van der Waals surface area (Å²) < 4.78 is 9.99. The van der Waals surface area contributed by atoms with Gasteiger partial charge in [0.15, 0.2) is 0 Å². The molecule has 0 bridgehead atoms. The average molecular weight is 371 g/mol. The summed E-state index contributed by atoms with van der Waals surface area (Å²) in [6, 6.07) is -0.590. The Morgan fingerprint density at radius 1 is 1.19 bits per heavy atom. The Morgan fingerprint density at radius 2 is 1.81 bits per heavy atom. The summed E-state index contributed by atoms with van der Waals surface area (Å²) in [5.41, 5.74) is -0.766. The highest BCUT2D eigenvalue weighted by Crippen LogP contribution is 2.25. The number of rotatable bonds is 6. The number of nitrogens with zero attached hydrogens (tertiary/aromatic N) is 2. The molecule has 26 heavy (non-hydrogen) atoms. The molecule has 0 aromatic carbocycles. The molecule has 8 nitrogen and oxygen atoms in total. The number of ether oxygens (including phenoxy) is 2. The van der Waals surface area contributed by atoms with Gasteiger partial charge >= 0.3 is 6.09 Å². The van der Waals surface area contributed by atoms with E-state index in [2.05, 4.69) is 15.0 Å². The predicted molar refractivity (Wildman–Crippen MR) is 96.8 cm³/mol. The number of carbonyl (C=O) groups is 2. The van der Waals surface area contributed by atoms with Crippen molar-refractivity contribution in [2.24, 2.45) is 5.92 Å². The summed E-state index contributed by atoms with van der Waals surface area (Å²) in [7, 11) is 1.29. The molecule has 8 heteroatoms. The number of hydrogen-bond donors (Lipinski definition) is 2. The largest absolute Gasteiger partial charge is 0.453 e. The highest BCUT2D eigenvalue weighted by Gasteiger charge is 2.37. The smallest absolute Gasteiger partial charge is 0.407 e. The van der Waals surface area contributed by atoms with Crippen LogP contribution in [-0.2, 0) is 14.3 Å². The van der Waals surface area contributed by atoms with Gasteiger partial charge in [-0.25, -0.2) is 4.79 Å². The summed E-state index contributed by atoms with van der Waals surface area (Å²) in [4.78, 5) is 28.4. The van der Waals surface area contributed by atoms with Gasteiger partial charge in [-0.1, -0.05) is 13.8 Å². The number of likely N-dealkylation sites (tertiary alicyclic amines) is 1. The van der Waals surface area contributed by atoms with E-state index < -0.39 is 17.7 Å². The molecular weight excluding hydrogens is 338 g/mol. The van der Waals surface area contributed by atoms with Crippen LogP contribution in [0.25, 0.3) is 0 Å². The predicted octanol–water partition coefficient (Wildman–Crippen LogP) is 0.443. The molecule has 2 saturated heterocycles. The maximum absolute atomic E-state index is 12.8. The quantitative estimate of drug-likeness (QED) is 0.704. The van der Waals surface area contributed by atoms with Crippen molar-refractivity contribution in [1.29, 1.82) is 0 Å². The van der Waals surface area contributed by atoms with E-state index in [1.807, 2.05) is 13.8 Å². The number of alkyl carbamates (subject to hydrolysis) is 1. The molecule has 0 aliphatic carbocycles. The molecular formula is C18H33N3O5. The van der Waals surface area contributed by atoms with E-state index in [-0.39, 0.29) is 11.8 Å². The Balaban J connectivity index is 1.89. The maximum atomic E-state index is 12.8. The second kappa shape index (κ2) is 9.53. The van der Waals surface area contributed by atoms with Crippen LogP contribution in [-0.4, -0.2) is 91.6 Å². The number of methoxy groups -OCH3 is 1. The Morgan fingerprint density at radius 3 is 2.35 bits per heavy atom. The molecule has 150 valence electrons. The lowest BCUT2D eigenvalue weighted by atomic mass is 9.90. The van der Waals surface area contributed by atoms with Crippen LogP contribution in [0.4, 0.5) is 4.79 Å². The maximum Gasteiger partial charge on any atom is 0.407 e. The molecule has 2 aliphatic rings. The monoisotopic (exact) mass is 371 g/mol. The molecule has 2 heterocycles. The Bertz CT molecular complexity index is 471. The van der Waals surface area contributed by atoms with Crippen LogP contribution in [0.5, 0.6) is 0 Å². The zero-order valence-electron chi connectivity index (χ0n) is 16.2. The van der Waals surface area contributed by atoms with E-state index in [9.17, 15) is 14.7 Å². The normalized spacial score (nSPS) is 22.1. The first-order valence-corrected chi connectivity index (χ1v) is 9.49. The highest BCUT2D eigenvalue weighted by molar-refractivity contribution is 5.85. The number of nitrogens with one attached hydrogen (secondary N) is 1. The zero-order chi connectivity index (χ0) is 19.2. The van der Waals surface area contributed by atoms with Gasteiger partial charge in [0.2, 0.25) is 5.91 Å². The van der Waals surface area contributed by atoms with E-state index in [0.717, 1.165) is 13.1 Å². The number of carbonyl (C=O) groups excluding carboxylic acids is 2. The van der Waals surface area contributed by atoms with Crippen LogP contribution >= 0.6 is 0 Å². The molecule has 0 spiro atoms. The lowest BCUT2D eigenvalue weighted by Crippen LogP contribution is -2.56. The molecule has 2 amide bonds. The molecule has 1 atom stereocenters. The van der Waals surface area contributed by atoms with Crippen LogP contribution in [0.2, 0.25) is 0 Å². The fourth-order valence-corrected chi connectivity index (χ4v) is 3.59. The van der Waals surface area contributed by atoms with Gasteiger partial charge in [-0.2, -0.15) is 0 Å². The minimum absolute atomic E-state index is 0.0995. The summed E-state index contributed by atoms with van der Waals surface area (Å²) in [6.07, 6.45) is 1.05. The second-order valence-electron chi connectivity index (χ2n) is 7.76. The van der Waals surface area contributed by atoms with Crippen molar-refractivity contribution in [3.8, 4) is 0 Å². The lowest BCUT2D eigenvalue weighted by molar-refractivity contribution is -0.139. The van der Waals surface area contributed by atoms with Crippen molar-refractivity contribution >= 4 is 12.0 Å². The Kier molecular flexibility index (Phi) is 7.67. The zero-order valence-corrected chi connectivity index (χ0v) is 16.2. The van der Waals surface area contributed by atoms with E-state index in [1.165, 1.54) is 7.11 Å². The molecule has 0 aromatic rings. The number of aliphatic hydroxyl groups is 1. The number of morpholine rings is 1. The minimum atomic E-state index is -0.766. The average Bonchev–Trinajstić information content (AvgIpc) is 2.61. The summed E-state index contributed by atoms with van der Waals surface area (Å²) in [5, 5.41) is 13.5. The van der Waals surface area contributed by atoms with E-state index >= 15 is 0 Å². The fraction of sp³-hybridized carbons (Fsp3) is 0.889. The van der Waals surface area contributed by atoms with E-state index in [0.29, 0.717) is 52.1 Å². The van der Waals surface area contributed by atoms with Gasteiger partial charge in [-0.15, -0.1) is 0 Å².